The van der Waals surface area contributed by atoms with Crippen molar-refractivity contribution in [2.75, 3.05) is 53.4 Å². The van der Waals surface area contributed by atoms with Crippen LogP contribution in [0.1, 0.15) is 6.92 Å². The molecule has 4 atom stereocenters. The van der Waals surface area contributed by atoms with Crippen LogP contribution in [-0.2, 0) is 210 Å². The monoisotopic (exact) mass is 2460 g/mol. The molecule has 0 aliphatic carbocycles. The maximum atomic E-state index is 12.7. The summed E-state index contributed by atoms with van der Waals surface area (Å²) in [7, 11) is -121. The Balaban J connectivity index is -0.000000135. The topological polar surface area (TPSA) is 804 Å². The molecule has 0 fully saturated rings. The SMILES string of the molecule is C#CCOP(=O)(F)NS(=O)(=O)C(F)(F)F.C#CCOS(=O)(=O)NP(=O)(F)F.C=CCOP(=O)(F)NS(=O)(=O)F.C=CCOS(=O)(=O)NP(=O)(F)F.C=CCOS(=O)(=O)NS(=O)(=O)F.CCOP(=O)(F)NP(=O)(F)OCC(F)(F)F.COS(=O)(=O)NP(=O)(F)F.O=P(F)(F)NS(=O)(=O)C(F)(F)F.O=P(F)(F)NS(=O)(=O)F.O=S(=O)(F)NS(=O)(=O)C(F)(F)F.O=S(=O)(F)NS(=O)(=O)F. The van der Waals surface area contributed by atoms with Gasteiger partial charge in [-0.3, -0.25) is 30.6 Å². The fraction of sp³-hybridized carbons (Fsp3) is 0.565. The predicted octanol–water partition coefficient (Wildman–Crippen LogP) is 7.86. The van der Waals surface area contributed by atoms with Crippen molar-refractivity contribution < 1.29 is 320 Å². The van der Waals surface area contributed by atoms with Crippen LogP contribution >= 0.6 is 70.9 Å². The van der Waals surface area contributed by atoms with E-state index in [1.165, 1.54) is 6.92 Å². The molecule has 794 valence electrons. The summed E-state index contributed by atoms with van der Waals surface area (Å²) in [5.41, 5.74) is -17.5. The molecule has 131 heavy (non-hydrogen) atoms. The van der Waals surface area contributed by atoms with Crippen LogP contribution in [-0.4, -0.2) is 185 Å². The third-order valence-corrected chi connectivity index (χ3v) is 30.6. The number of terminal acetylenes is 2. The van der Waals surface area contributed by atoms with E-state index in [-0.39, 0.29) is 21.7 Å². The largest absolute Gasteiger partial charge is 0.512 e. The minimum atomic E-state index is -6.44. The highest BCUT2D eigenvalue weighted by molar-refractivity contribution is 8.03. The summed E-state index contributed by atoms with van der Waals surface area (Å²) in [6.45, 7) is 4.76. The molecule has 0 aliphatic heterocycles. The smallest absolute Gasteiger partial charge is 0.294 e. The lowest BCUT2D eigenvalue weighted by molar-refractivity contribution is -0.154. The zero-order valence-electron chi connectivity index (χ0n) is 59.4. The molecule has 108 heteroatoms. The van der Waals surface area contributed by atoms with Crippen LogP contribution in [0.5, 0.6) is 0 Å². The predicted molar refractivity (Wildman–Crippen MR) is 368 cm³/mol. The van der Waals surface area contributed by atoms with Gasteiger partial charge in [-0.25, -0.2) is 70.5 Å². The normalized spacial score (nSPS) is 15.0. The van der Waals surface area contributed by atoms with E-state index < -0.39 is 274 Å². The Morgan fingerprint density at radius 2 is 0.588 bits per heavy atom. The second kappa shape index (κ2) is 59.4. The molecular weight excluding hydrogens is 2420 g/mol. The quantitative estimate of drug-likeness (QED) is 0.00913. The molecule has 4 unspecified atom stereocenters. The molecule has 0 spiro atoms. The minimum Gasteiger partial charge on any atom is -0.294 e. The van der Waals surface area contributed by atoms with Crippen molar-refractivity contribution in [1.82, 2.24) is 48.7 Å². The van der Waals surface area contributed by atoms with Gasteiger partial charge in [0, 0.05) is 0 Å². The number of hydrogen-bond acceptors (Lipinski definition) is 43. The van der Waals surface area contributed by atoms with E-state index in [1.54, 1.807) is 11.8 Å². The van der Waals surface area contributed by atoms with Crippen LogP contribution in [0.4, 0.5) is 135 Å². The first-order chi connectivity index (χ1) is 56.2. The second-order valence-electron chi connectivity index (χ2n) is 16.7. The van der Waals surface area contributed by atoms with E-state index in [1.807, 2.05) is 0 Å². The van der Waals surface area contributed by atoms with Gasteiger partial charge in [-0.15, -0.1) is 105 Å². The Labute approximate surface area is 715 Å². The highest BCUT2D eigenvalue weighted by Gasteiger charge is 2.52. The van der Waals surface area contributed by atoms with E-state index in [0.29, 0.717) is 34.1 Å². The Kier molecular flexibility index (Phi) is 68.2. The summed E-state index contributed by atoms with van der Waals surface area (Å²) in [6.07, 6.45) is 7.28. The molecule has 0 saturated carbocycles. The molecule has 0 radical (unpaired) electrons. The fourth-order valence-electron chi connectivity index (χ4n) is 2.80. The highest BCUT2D eigenvalue weighted by Crippen LogP contribution is 2.59. The second-order valence-corrected chi connectivity index (χ2v) is 48.4. The van der Waals surface area contributed by atoms with Gasteiger partial charge in [-0.2, -0.15) is 137 Å². The lowest BCUT2D eigenvalue weighted by Crippen LogP contribution is -2.38. The Morgan fingerprint density at radius 3 is 0.802 bits per heavy atom. The zero-order valence-corrected chi connectivity index (χ0v) is 78.1. The molecule has 54 nitrogen and oxygen atoms in total. The molecule has 0 heterocycles. The molecule has 0 rings (SSSR count). The van der Waals surface area contributed by atoms with Crippen LogP contribution in [0.15, 0.2) is 38.0 Å². The average molecular weight is 2460 g/mol. The first-order valence-electron chi connectivity index (χ1n) is 25.4. The van der Waals surface area contributed by atoms with Gasteiger partial charge in [0.25, 0.3) is 0 Å². The zero-order chi connectivity index (χ0) is 109. The van der Waals surface area contributed by atoms with Crippen LogP contribution in [0.3, 0.4) is 0 Å². The summed E-state index contributed by atoms with van der Waals surface area (Å²) in [5, 5.41) is 0. The van der Waals surface area contributed by atoms with Gasteiger partial charge < -0.3 is 0 Å². The standard InChI is InChI=1S/C4H8F5NO4P2.C4H4F4NO4PS.2C3H6F2NO4PS.C3H4F2NO4PS.C3H6FNO5S2.CHF5NO3PS.CHF4NO4S2.CH4F2NO4PS.F3HNO3PS.F2HNO4S2/c1-2-13-15(8,11)10-16(9,12)14-3-4(5,6)7;1-2-3-13-14(8,10)9-15(11,12)4(5,6)7;1-2-3-10-11(4,7)6-12(5,8)9;2*1-2-3-10-12(8,9)6-11(4,5)7;1-2-3-10-12(8,9)5-11(4,6)7;2-1(3,4)12(9,10)7-11(5,6)8;2-1(3,4)11(7,8)6-12(5,9)10;1-8-10(6,7)4-9(2,3)5;1-8(2,5)4-9(3,6)7;1-8(4,5)3-9(2,6)7/h2-3H2,1H3,(H,10,11,12);1H,3H2,(H,9,10);2*2H,1,3H2,(H,6,7);1H,3H2,(H,6,7);2,5H,1,3H2;(H,7,8);6H;1H3,(H,4,5);(H,4,5);3H. The van der Waals surface area contributed by atoms with Crippen LogP contribution in [0.25, 0.3) is 0 Å². The number of alkyl halides is 12. The van der Waals surface area contributed by atoms with E-state index in [0.717, 1.165) is 18.2 Å². The first kappa shape index (κ1) is 151. The van der Waals surface area contributed by atoms with Crippen molar-refractivity contribution in [3.05, 3.63) is 38.0 Å². The van der Waals surface area contributed by atoms with Crippen LogP contribution in [0, 0.1) is 24.7 Å². The third-order valence-electron chi connectivity index (χ3n) is 5.87. The molecule has 0 aromatic heterocycles. The molecular formula is C23H42F32N11O43P9S13. The van der Waals surface area contributed by atoms with Crippen molar-refractivity contribution in [1.29, 1.82) is 0 Å². The van der Waals surface area contributed by atoms with Gasteiger partial charge in [0.2, 0.25) is 0 Å². The maximum absolute atomic E-state index is 12.7. The maximum Gasteiger partial charge on any atom is 0.512 e. The van der Waals surface area contributed by atoms with E-state index in [2.05, 4.69) is 67.4 Å². The summed E-state index contributed by atoms with van der Waals surface area (Å²) in [4.78, 5) is 0.639. The molecule has 11 N–H and O–H groups in total. The number of rotatable bonds is 40. The summed E-state index contributed by atoms with van der Waals surface area (Å²) < 4.78 is 746. The fourth-order valence-corrected chi connectivity index (χ4v) is 19.3. The molecule has 0 amide bonds. The minimum absolute atomic E-state index is 0.0139. The lowest BCUT2D eigenvalue weighted by atomic mass is 10.7. The van der Waals surface area contributed by atoms with Crippen molar-refractivity contribution in [3.8, 4) is 24.7 Å². The van der Waals surface area contributed by atoms with Crippen molar-refractivity contribution in [2.45, 2.75) is 29.6 Å². The molecule has 0 saturated heterocycles. The highest BCUT2D eigenvalue weighted by atomic mass is 32.3. The van der Waals surface area contributed by atoms with Gasteiger partial charge >= 0.3 is 227 Å². The Hall–Kier alpha value is -3.24. The van der Waals surface area contributed by atoms with Crippen molar-refractivity contribution in [2.24, 2.45) is 0 Å². The summed E-state index contributed by atoms with van der Waals surface area (Å²) >= 11 is 0. The average Bonchev–Trinajstić information content (AvgIpc) is 0.843. The lowest BCUT2D eigenvalue weighted by Gasteiger charge is -2.14. The summed E-state index contributed by atoms with van der Waals surface area (Å²) in [5.74, 6) is 3.33. The third kappa shape index (κ3) is 119. The first-order valence-corrected chi connectivity index (χ1v) is 57.3. The number of halogens is 32. The van der Waals surface area contributed by atoms with E-state index in [4.69, 9.17) is 4.57 Å². The van der Waals surface area contributed by atoms with Gasteiger partial charge in [0.1, 0.15) is 13.2 Å². The molecule has 0 aromatic carbocycles. The van der Waals surface area contributed by atoms with Gasteiger partial charge in [0.05, 0.1) is 33.5 Å². The number of sulfonamides is 3. The number of nitrogens with one attached hydrogen (secondary N) is 11. The molecule has 0 aromatic rings. The van der Waals surface area contributed by atoms with Crippen molar-refractivity contribution in [3.63, 3.8) is 0 Å². The Morgan fingerprint density at radius 1 is 0.313 bits per heavy atom. The van der Waals surface area contributed by atoms with E-state index in [9.17, 15) is 281 Å². The van der Waals surface area contributed by atoms with Gasteiger partial charge in [-0.1, -0.05) is 88.2 Å². The van der Waals surface area contributed by atoms with Gasteiger partial charge in [0.15, 0.2) is 6.61 Å². The molecule has 0 bridgehead atoms. The summed E-state index contributed by atoms with van der Waals surface area (Å²) in [6, 6.07) is 0. The Bertz CT molecular complexity index is 5830. The number of hydrogen-bond donors (Lipinski definition) is 11. The van der Waals surface area contributed by atoms with Crippen LogP contribution < -0.4 is 48.7 Å². The van der Waals surface area contributed by atoms with E-state index >= 15 is 0 Å². The van der Waals surface area contributed by atoms with Crippen LogP contribution in [0.2, 0.25) is 0 Å². The van der Waals surface area contributed by atoms with Crippen molar-refractivity contribution >= 4 is 205 Å². The molecule has 0 aliphatic rings. The van der Waals surface area contributed by atoms with Gasteiger partial charge in [-0.05, 0) is 6.92 Å².